The second-order valence-corrected chi connectivity index (χ2v) is 7.18. The molecular formula is C19H21N5O. The van der Waals surface area contributed by atoms with Gasteiger partial charge in [0, 0.05) is 43.1 Å². The summed E-state index contributed by atoms with van der Waals surface area (Å²) in [6.07, 6.45) is 8.50. The zero-order chi connectivity index (χ0) is 17.0. The Kier molecular flexibility index (Phi) is 3.21. The molecule has 2 aliphatic heterocycles. The molecule has 0 saturated carbocycles. The van der Waals surface area contributed by atoms with Gasteiger partial charge in [0.1, 0.15) is 5.75 Å². The maximum Gasteiger partial charge on any atom is 0.234 e. The van der Waals surface area contributed by atoms with Crippen molar-refractivity contribution in [3.8, 4) is 17.0 Å². The highest BCUT2D eigenvalue weighted by molar-refractivity contribution is 5.68. The van der Waals surface area contributed by atoms with E-state index < -0.39 is 0 Å². The van der Waals surface area contributed by atoms with E-state index in [2.05, 4.69) is 33.0 Å². The number of benzene rings is 1. The summed E-state index contributed by atoms with van der Waals surface area (Å²) in [5, 5.41) is 10.1. The fourth-order valence-electron chi connectivity index (χ4n) is 4.36. The number of phenolic OH excluding ortho intramolecular Hbond substituents is 1. The summed E-state index contributed by atoms with van der Waals surface area (Å²) in [6, 6.07) is 8.42. The number of fused-ring (bicyclic) bond motifs is 3. The lowest BCUT2D eigenvalue weighted by atomic mass is 10.1. The summed E-state index contributed by atoms with van der Waals surface area (Å²) in [6.45, 7) is 2.23. The molecule has 0 radical (unpaired) electrons. The topological polar surface area (TPSA) is 56.9 Å². The first-order chi connectivity index (χ1) is 12.2. The van der Waals surface area contributed by atoms with Gasteiger partial charge in [-0.15, -0.1) is 0 Å². The van der Waals surface area contributed by atoms with Crippen molar-refractivity contribution in [2.45, 2.75) is 24.9 Å². The molecule has 1 aromatic carbocycles. The molecule has 0 amide bonds. The number of nitrogens with zero attached hydrogens (tertiary/aromatic N) is 5. The van der Waals surface area contributed by atoms with Crippen molar-refractivity contribution >= 4 is 11.5 Å². The highest BCUT2D eigenvalue weighted by Gasteiger charge is 2.39. The SMILES string of the molecule is CN1CC2CCC(C1)N2c1cnc2nc(-c3ccccc3O)cn2c1. The van der Waals surface area contributed by atoms with Gasteiger partial charge in [-0.25, -0.2) is 9.97 Å². The number of piperazine rings is 1. The standard InChI is InChI=1S/C19H21N5O/c1-22-9-13-6-7-14(10-22)24(13)15-8-20-19-21-17(12-23(19)11-15)16-4-2-3-5-18(16)25/h2-5,8,11-14,25H,6-7,9-10H2,1H3. The number of likely N-dealkylation sites (N-methyl/N-ethyl adjacent to an activating group) is 1. The fraction of sp³-hybridized carbons (Fsp3) is 0.368. The van der Waals surface area contributed by atoms with Crippen LogP contribution in [0.4, 0.5) is 5.69 Å². The van der Waals surface area contributed by atoms with Gasteiger partial charge in [-0.2, -0.15) is 0 Å². The number of aromatic hydroxyl groups is 1. The number of hydrogen-bond acceptors (Lipinski definition) is 5. The van der Waals surface area contributed by atoms with Gasteiger partial charge in [-0.1, -0.05) is 12.1 Å². The molecule has 2 unspecified atom stereocenters. The lowest BCUT2D eigenvalue weighted by Crippen LogP contribution is -2.52. The van der Waals surface area contributed by atoms with Crippen LogP contribution in [0.2, 0.25) is 0 Å². The smallest absolute Gasteiger partial charge is 0.234 e. The summed E-state index contributed by atoms with van der Waals surface area (Å²) in [5.74, 6) is 0.895. The second-order valence-electron chi connectivity index (χ2n) is 7.18. The van der Waals surface area contributed by atoms with Crippen molar-refractivity contribution in [1.82, 2.24) is 19.3 Å². The van der Waals surface area contributed by atoms with E-state index in [0.717, 1.165) is 30.0 Å². The van der Waals surface area contributed by atoms with Gasteiger partial charge in [-0.3, -0.25) is 4.40 Å². The average Bonchev–Trinajstić information content (AvgIpc) is 3.13. The second kappa shape index (κ2) is 5.46. The molecule has 5 rings (SSSR count). The van der Waals surface area contributed by atoms with Crippen molar-refractivity contribution in [2.24, 2.45) is 0 Å². The first-order valence-corrected chi connectivity index (χ1v) is 8.79. The van der Waals surface area contributed by atoms with E-state index in [1.807, 2.05) is 35.0 Å². The zero-order valence-corrected chi connectivity index (χ0v) is 14.2. The number of rotatable bonds is 2. The predicted molar refractivity (Wildman–Crippen MR) is 96.9 cm³/mol. The van der Waals surface area contributed by atoms with Crippen LogP contribution in [-0.2, 0) is 0 Å². The molecule has 4 heterocycles. The number of aromatic nitrogens is 3. The van der Waals surface area contributed by atoms with E-state index in [9.17, 15) is 5.11 Å². The van der Waals surface area contributed by atoms with Gasteiger partial charge in [0.15, 0.2) is 0 Å². The van der Waals surface area contributed by atoms with Crippen LogP contribution in [0.15, 0.2) is 42.9 Å². The minimum atomic E-state index is 0.239. The number of para-hydroxylation sites is 1. The molecule has 2 saturated heterocycles. The number of hydrogen-bond donors (Lipinski definition) is 1. The molecule has 2 fully saturated rings. The monoisotopic (exact) mass is 335 g/mol. The number of phenols is 1. The van der Waals surface area contributed by atoms with E-state index in [4.69, 9.17) is 0 Å². The van der Waals surface area contributed by atoms with E-state index in [-0.39, 0.29) is 5.75 Å². The lowest BCUT2D eigenvalue weighted by Gasteiger charge is -2.40. The largest absolute Gasteiger partial charge is 0.507 e. The van der Waals surface area contributed by atoms with Gasteiger partial charge in [0.25, 0.3) is 0 Å². The highest BCUT2D eigenvalue weighted by atomic mass is 16.3. The normalized spacial score (nSPS) is 23.5. The molecule has 2 aromatic heterocycles. The van der Waals surface area contributed by atoms with Gasteiger partial charge in [0.2, 0.25) is 5.78 Å². The number of imidazole rings is 1. The molecule has 6 nitrogen and oxygen atoms in total. The van der Waals surface area contributed by atoms with Crippen LogP contribution in [0, 0.1) is 0 Å². The molecule has 1 N–H and O–H groups in total. The van der Waals surface area contributed by atoms with Crippen LogP contribution in [0.1, 0.15) is 12.8 Å². The van der Waals surface area contributed by atoms with Crippen molar-refractivity contribution in [2.75, 3.05) is 25.0 Å². The average molecular weight is 335 g/mol. The summed E-state index contributed by atoms with van der Waals surface area (Å²) >= 11 is 0. The summed E-state index contributed by atoms with van der Waals surface area (Å²) in [5.41, 5.74) is 2.63. The first-order valence-electron chi connectivity index (χ1n) is 8.79. The summed E-state index contributed by atoms with van der Waals surface area (Å²) in [4.78, 5) is 14.1. The van der Waals surface area contributed by atoms with E-state index in [1.165, 1.54) is 12.8 Å². The van der Waals surface area contributed by atoms with Gasteiger partial charge < -0.3 is 14.9 Å². The molecule has 2 bridgehead atoms. The Bertz CT molecular complexity index is 922. The zero-order valence-electron chi connectivity index (χ0n) is 14.2. The van der Waals surface area contributed by atoms with Crippen LogP contribution in [0.25, 0.3) is 17.0 Å². The van der Waals surface area contributed by atoms with E-state index in [0.29, 0.717) is 17.9 Å². The first kappa shape index (κ1) is 14.7. The molecule has 0 aliphatic carbocycles. The Hall–Kier alpha value is -2.60. The van der Waals surface area contributed by atoms with E-state index in [1.54, 1.807) is 6.07 Å². The Morgan fingerprint density at radius 3 is 2.60 bits per heavy atom. The van der Waals surface area contributed by atoms with Crippen molar-refractivity contribution in [3.63, 3.8) is 0 Å². The Labute approximate surface area is 146 Å². The van der Waals surface area contributed by atoms with Gasteiger partial charge in [-0.05, 0) is 32.0 Å². The van der Waals surface area contributed by atoms with Gasteiger partial charge >= 0.3 is 0 Å². The minimum absolute atomic E-state index is 0.239. The third kappa shape index (κ3) is 2.36. The Morgan fingerprint density at radius 2 is 1.84 bits per heavy atom. The van der Waals surface area contributed by atoms with Crippen molar-refractivity contribution in [1.29, 1.82) is 0 Å². The highest BCUT2D eigenvalue weighted by Crippen LogP contribution is 2.34. The molecule has 2 aliphatic rings. The Morgan fingerprint density at radius 1 is 1.08 bits per heavy atom. The maximum absolute atomic E-state index is 10.1. The van der Waals surface area contributed by atoms with E-state index >= 15 is 0 Å². The molecule has 3 aromatic rings. The third-order valence-corrected chi connectivity index (χ3v) is 5.44. The Balaban J connectivity index is 1.54. The quantitative estimate of drug-likeness (QED) is 0.779. The molecular weight excluding hydrogens is 314 g/mol. The summed E-state index contributed by atoms with van der Waals surface area (Å²) in [7, 11) is 2.21. The summed E-state index contributed by atoms with van der Waals surface area (Å²) < 4.78 is 1.97. The van der Waals surface area contributed by atoms with Crippen LogP contribution >= 0.6 is 0 Å². The van der Waals surface area contributed by atoms with Crippen LogP contribution in [0.5, 0.6) is 5.75 Å². The minimum Gasteiger partial charge on any atom is -0.507 e. The molecule has 0 spiro atoms. The van der Waals surface area contributed by atoms with Gasteiger partial charge in [0.05, 0.1) is 17.6 Å². The maximum atomic E-state index is 10.1. The molecule has 6 heteroatoms. The van der Waals surface area contributed by atoms with Crippen molar-refractivity contribution < 1.29 is 5.11 Å². The molecule has 2 atom stereocenters. The molecule has 25 heavy (non-hydrogen) atoms. The fourth-order valence-corrected chi connectivity index (χ4v) is 4.36. The van der Waals surface area contributed by atoms with Crippen LogP contribution < -0.4 is 4.90 Å². The number of anilines is 1. The predicted octanol–water partition coefficient (Wildman–Crippen LogP) is 2.38. The number of likely N-dealkylation sites (tertiary alicyclic amines) is 1. The third-order valence-electron chi connectivity index (χ3n) is 5.44. The lowest BCUT2D eigenvalue weighted by molar-refractivity contribution is 0.264. The van der Waals surface area contributed by atoms with Crippen LogP contribution in [0.3, 0.4) is 0 Å². The van der Waals surface area contributed by atoms with Crippen LogP contribution in [-0.4, -0.2) is 56.6 Å². The molecule has 128 valence electrons. The van der Waals surface area contributed by atoms with Crippen molar-refractivity contribution in [3.05, 3.63) is 42.9 Å².